The van der Waals surface area contributed by atoms with Crippen molar-refractivity contribution in [2.45, 2.75) is 39.3 Å². The third-order valence-corrected chi connectivity index (χ3v) is 4.12. The van der Waals surface area contributed by atoms with E-state index in [4.69, 9.17) is 0 Å². The maximum atomic E-state index is 12.3. The first-order valence-corrected chi connectivity index (χ1v) is 6.83. The zero-order chi connectivity index (χ0) is 12.4. The molecule has 2 aliphatic heterocycles. The quantitative estimate of drug-likeness (QED) is 0.735. The van der Waals surface area contributed by atoms with Crippen molar-refractivity contribution in [1.29, 1.82) is 0 Å². The van der Waals surface area contributed by atoms with Crippen LogP contribution in [-0.4, -0.2) is 49.1 Å². The second kappa shape index (κ2) is 5.36. The molecule has 1 amide bonds. The lowest BCUT2D eigenvalue weighted by molar-refractivity contribution is -0.132. The van der Waals surface area contributed by atoms with E-state index in [9.17, 15) is 4.79 Å². The monoisotopic (exact) mass is 239 g/mol. The highest BCUT2D eigenvalue weighted by Gasteiger charge is 2.33. The van der Waals surface area contributed by atoms with Gasteiger partial charge in [-0.2, -0.15) is 0 Å². The molecule has 0 spiro atoms. The standard InChI is InChI=1S/C13H25N3O/c1-9(2)11-4-5-16(8-11)13(17)12-7-14-10(3)6-15-12/h9-12,14-15H,4-8H2,1-3H3. The van der Waals surface area contributed by atoms with E-state index in [0.29, 0.717) is 17.9 Å². The van der Waals surface area contributed by atoms with Crippen molar-refractivity contribution >= 4 is 5.91 Å². The molecule has 0 aromatic heterocycles. The van der Waals surface area contributed by atoms with Crippen molar-refractivity contribution in [3.8, 4) is 0 Å². The van der Waals surface area contributed by atoms with Crippen LogP contribution in [0.4, 0.5) is 0 Å². The van der Waals surface area contributed by atoms with Crippen molar-refractivity contribution in [2.75, 3.05) is 26.2 Å². The van der Waals surface area contributed by atoms with Gasteiger partial charge in [-0.3, -0.25) is 4.79 Å². The highest BCUT2D eigenvalue weighted by atomic mass is 16.2. The molecule has 98 valence electrons. The van der Waals surface area contributed by atoms with Crippen LogP contribution in [0.25, 0.3) is 0 Å². The number of carbonyl (C=O) groups excluding carboxylic acids is 1. The summed E-state index contributed by atoms with van der Waals surface area (Å²) in [6, 6.07) is 0.457. The highest BCUT2D eigenvalue weighted by molar-refractivity contribution is 5.82. The second-order valence-electron chi connectivity index (χ2n) is 5.85. The van der Waals surface area contributed by atoms with Gasteiger partial charge in [-0.05, 0) is 25.2 Å². The molecule has 17 heavy (non-hydrogen) atoms. The Kier molecular flexibility index (Phi) is 4.05. The topological polar surface area (TPSA) is 44.4 Å². The molecule has 3 unspecified atom stereocenters. The van der Waals surface area contributed by atoms with Gasteiger partial charge in [0.1, 0.15) is 0 Å². The molecule has 0 aromatic carbocycles. The highest BCUT2D eigenvalue weighted by Crippen LogP contribution is 2.24. The van der Waals surface area contributed by atoms with Gasteiger partial charge in [-0.1, -0.05) is 13.8 Å². The van der Waals surface area contributed by atoms with Gasteiger partial charge < -0.3 is 15.5 Å². The van der Waals surface area contributed by atoms with E-state index in [-0.39, 0.29) is 11.9 Å². The Balaban J connectivity index is 1.84. The molecule has 2 saturated heterocycles. The Morgan fingerprint density at radius 1 is 1.29 bits per heavy atom. The van der Waals surface area contributed by atoms with Crippen LogP contribution in [0.1, 0.15) is 27.2 Å². The molecule has 2 rings (SSSR count). The van der Waals surface area contributed by atoms with Crippen LogP contribution in [0, 0.1) is 11.8 Å². The molecule has 2 heterocycles. The van der Waals surface area contributed by atoms with Gasteiger partial charge in [0.2, 0.25) is 5.91 Å². The van der Waals surface area contributed by atoms with E-state index in [1.165, 1.54) is 6.42 Å². The molecule has 2 fully saturated rings. The number of amides is 1. The minimum absolute atomic E-state index is 0.0166. The van der Waals surface area contributed by atoms with Crippen LogP contribution >= 0.6 is 0 Å². The fourth-order valence-electron chi connectivity index (χ4n) is 2.71. The molecule has 3 atom stereocenters. The summed E-state index contributed by atoms with van der Waals surface area (Å²) in [6.45, 7) is 10.2. The summed E-state index contributed by atoms with van der Waals surface area (Å²) in [5.41, 5.74) is 0. The normalized spacial score (nSPS) is 34.4. The van der Waals surface area contributed by atoms with E-state index in [0.717, 1.165) is 26.2 Å². The van der Waals surface area contributed by atoms with Crippen molar-refractivity contribution in [2.24, 2.45) is 11.8 Å². The van der Waals surface area contributed by atoms with E-state index in [2.05, 4.69) is 31.4 Å². The van der Waals surface area contributed by atoms with E-state index in [1.54, 1.807) is 0 Å². The Morgan fingerprint density at radius 3 is 2.59 bits per heavy atom. The fraction of sp³-hybridized carbons (Fsp3) is 0.923. The molecular weight excluding hydrogens is 214 g/mol. The molecule has 2 aliphatic rings. The Morgan fingerprint density at radius 2 is 2.06 bits per heavy atom. The molecule has 0 bridgehead atoms. The molecule has 0 saturated carbocycles. The number of rotatable bonds is 2. The second-order valence-corrected chi connectivity index (χ2v) is 5.85. The molecule has 4 heteroatoms. The Labute approximate surface area is 104 Å². The van der Waals surface area contributed by atoms with Crippen LogP contribution in [0.5, 0.6) is 0 Å². The average Bonchev–Trinajstić information content (AvgIpc) is 2.78. The summed E-state index contributed by atoms with van der Waals surface area (Å²) in [4.78, 5) is 14.3. The number of carbonyl (C=O) groups is 1. The molecular formula is C13H25N3O. The van der Waals surface area contributed by atoms with E-state index >= 15 is 0 Å². The number of piperazine rings is 1. The van der Waals surface area contributed by atoms with Gasteiger partial charge in [-0.25, -0.2) is 0 Å². The molecule has 0 aliphatic carbocycles. The summed E-state index contributed by atoms with van der Waals surface area (Å²) in [7, 11) is 0. The first-order chi connectivity index (χ1) is 8.08. The third kappa shape index (κ3) is 2.99. The number of nitrogens with zero attached hydrogens (tertiary/aromatic N) is 1. The SMILES string of the molecule is CC1CNC(C(=O)N2CCC(C(C)C)C2)CN1. The van der Waals surface area contributed by atoms with Crippen molar-refractivity contribution in [1.82, 2.24) is 15.5 Å². The van der Waals surface area contributed by atoms with E-state index in [1.807, 2.05) is 4.90 Å². The lowest BCUT2D eigenvalue weighted by Crippen LogP contribution is -2.59. The summed E-state index contributed by atoms with van der Waals surface area (Å²) in [5.74, 6) is 1.66. The van der Waals surface area contributed by atoms with Crippen molar-refractivity contribution in [3.63, 3.8) is 0 Å². The van der Waals surface area contributed by atoms with Crippen LogP contribution in [0.3, 0.4) is 0 Å². The maximum absolute atomic E-state index is 12.3. The van der Waals surface area contributed by atoms with Gasteiger partial charge in [0, 0.05) is 32.2 Å². The molecule has 4 nitrogen and oxygen atoms in total. The largest absolute Gasteiger partial charge is 0.341 e. The van der Waals surface area contributed by atoms with Gasteiger partial charge >= 0.3 is 0 Å². The lowest BCUT2D eigenvalue weighted by atomic mass is 9.95. The van der Waals surface area contributed by atoms with Gasteiger partial charge in [-0.15, -0.1) is 0 Å². The lowest BCUT2D eigenvalue weighted by Gasteiger charge is -2.31. The predicted octanol–water partition coefficient (Wildman–Crippen LogP) is 0.441. The number of hydrogen-bond acceptors (Lipinski definition) is 3. The van der Waals surface area contributed by atoms with Crippen molar-refractivity contribution < 1.29 is 4.79 Å². The zero-order valence-corrected chi connectivity index (χ0v) is 11.2. The summed E-state index contributed by atoms with van der Waals surface area (Å²) < 4.78 is 0. The number of likely N-dealkylation sites (tertiary alicyclic amines) is 1. The number of nitrogens with one attached hydrogen (secondary N) is 2. The van der Waals surface area contributed by atoms with Crippen LogP contribution in [0.2, 0.25) is 0 Å². The fourth-order valence-corrected chi connectivity index (χ4v) is 2.71. The Hall–Kier alpha value is -0.610. The minimum atomic E-state index is -0.0166. The van der Waals surface area contributed by atoms with Crippen LogP contribution in [-0.2, 0) is 4.79 Å². The zero-order valence-electron chi connectivity index (χ0n) is 11.2. The first-order valence-electron chi connectivity index (χ1n) is 6.83. The smallest absolute Gasteiger partial charge is 0.241 e. The summed E-state index contributed by atoms with van der Waals surface area (Å²) in [6.07, 6.45) is 1.17. The van der Waals surface area contributed by atoms with Crippen molar-refractivity contribution in [3.05, 3.63) is 0 Å². The predicted molar refractivity (Wildman–Crippen MR) is 68.8 cm³/mol. The molecule has 0 radical (unpaired) electrons. The van der Waals surface area contributed by atoms with Gasteiger partial charge in [0.25, 0.3) is 0 Å². The van der Waals surface area contributed by atoms with Gasteiger partial charge in [0.15, 0.2) is 0 Å². The number of hydrogen-bond donors (Lipinski definition) is 2. The van der Waals surface area contributed by atoms with Crippen LogP contribution < -0.4 is 10.6 Å². The molecule has 2 N–H and O–H groups in total. The summed E-state index contributed by atoms with van der Waals surface area (Å²) >= 11 is 0. The summed E-state index contributed by atoms with van der Waals surface area (Å²) in [5, 5.41) is 6.70. The molecule has 0 aromatic rings. The van der Waals surface area contributed by atoms with Crippen LogP contribution in [0.15, 0.2) is 0 Å². The Bertz CT molecular complexity index is 272. The first kappa shape index (κ1) is 12.8. The average molecular weight is 239 g/mol. The maximum Gasteiger partial charge on any atom is 0.241 e. The van der Waals surface area contributed by atoms with E-state index < -0.39 is 0 Å². The third-order valence-electron chi connectivity index (χ3n) is 4.12. The van der Waals surface area contributed by atoms with Gasteiger partial charge in [0.05, 0.1) is 6.04 Å². The minimum Gasteiger partial charge on any atom is -0.341 e.